The standard InChI is InChI=1S/C19H24N2O4/c1-6-25-15-9-7-14(8-10-15)11-21(4)18(22)17-12(2)16(13(3)20-17)19(23)24-5/h7-10,20H,6,11H2,1-5H3. The number of hydrogen-bond acceptors (Lipinski definition) is 4. The van der Waals surface area contributed by atoms with E-state index in [1.165, 1.54) is 7.11 Å². The largest absolute Gasteiger partial charge is 0.494 e. The summed E-state index contributed by atoms with van der Waals surface area (Å²) in [5.74, 6) is 0.183. The number of ether oxygens (including phenoxy) is 2. The Balaban J connectivity index is 2.16. The monoisotopic (exact) mass is 344 g/mol. The Morgan fingerprint density at radius 2 is 1.80 bits per heavy atom. The second-order valence-electron chi connectivity index (χ2n) is 5.85. The van der Waals surface area contributed by atoms with Gasteiger partial charge >= 0.3 is 5.97 Å². The summed E-state index contributed by atoms with van der Waals surface area (Å²) in [5, 5.41) is 0. The van der Waals surface area contributed by atoms with E-state index < -0.39 is 5.97 Å². The molecule has 0 aliphatic heterocycles. The molecule has 0 fully saturated rings. The van der Waals surface area contributed by atoms with Crippen LogP contribution >= 0.6 is 0 Å². The molecule has 2 rings (SSSR count). The summed E-state index contributed by atoms with van der Waals surface area (Å²) in [6.07, 6.45) is 0. The third-order valence-corrected chi connectivity index (χ3v) is 4.04. The first-order valence-corrected chi connectivity index (χ1v) is 8.13. The van der Waals surface area contributed by atoms with Gasteiger partial charge in [0.2, 0.25) is 0 Å². The van der Waals surface area contributed by atoms with Crippen LogP contribution in [0.4, 0.5) is 0 Å². The van der Waals surface area contributed by atoms with E-state index in [1.807, 2.05) is 31.2 Å². The SMILES string of the molecule is CCOc1ccc(CN(C)C(=O)c2[nH]c(C)c(C(=O)OC)c2C)cc1. The van der Waals surface area contributed by atoms with Gasteiger partial charge in [0.15, 0.2) is 0 Å². The zero-order valence-corrected chi connectivity index (χ0v) is 15.3. The molecule has 0 unspecified atom stereocenters. The highest BCUT2D eigenvalue weighted by Crippen LogP contribution is 2.21. The fourth-order valence-corrected chi connectivity index (χ4v) is 2.77. The highest BCUT2D eigenvalue weighted by atomic mass is 16.5. The topological polar surface area (TPSA) is 71.6 Å². The molecule has 0 aliphatic rings. The molecule has 0 aliphatic carbocycles. The summed E-state index contributed by atoms with van der Waals surface area (Å²) in [7, 11) is 3.06. The molecule has 25 heavy (non-hydrogen) atoms. The highest BCUT2D eigenvalue weighted by Gasteiger charge is 2.24. The Morgan fingerprint density at radius 3 is 2.36 bits per heavy atom. The summed E-state index contributed by atoms with van der Waals surface area (Å²) >= 11 is 0. The van der Waals surface area contributed by atoms with Gasteiger partial charge in [-0.1, -0.05) is 12.1 Å². The van der Waals surface area contributed by atoms with Crippen LogP contribution in [0.15, 0.2) is 24.3 Å². The highest BCUT2D eigenvalue weighted by molar-refractivity contribution is 6.00. The molecule has 1 N–H and O–H groups in total. The Hall–Kier alpha value is -2.76. The zero-order chi connectivity index (χ0) is 18.6. The number of aryl methyl sites for hydroxylation is 1. The maximum absolute atomic E-state index is 12.7. The van der Waals surface area contributed by atoms with Crippen LogP contribution in [0.1, 0.15) is 44.6 Å². The summed E-state index contributed by atoms with van der Waals surface area (Å²) in [6.45, 7) is 6.50. The van der Waals surface area contributed by atoms with Gasteiger partial charge in [0.25, 0.3) is 5.91 Å². The van der Waals surface area contributed by atoms with E-state index >= 15 is 0 Å². The Bertz CT molecular complexity index is 762. The van der Waals surface area contributed by atoms with Crippen molar-refractivity contribution in [1.82, 2.24) is 9.88 Å². The molecule has 6 heteroatoms. The third kappa shape index (κ3) is 4.02. The zero-order valence-electron chi connectivity index (χ0n) is 15.3. The number of hydrogen-bond donors (Lipinski definition) is 1. The summed E-state index contributed by atoms with van der Waals surface area (Å²) in [6, 6.07) is 7.63. The number of aromatic amines is 1. The van der Waals surface area contributed by atoms with Crippen LogP contribution in [0.3, 0.4) is 0 Å². The van der Waals surface area contributed by atoms with Crippen molar-refractivity contribution < 1.29 is 19.1 Å². The van der Waals surface area contributed by atoms with Gasteiger partial charge in [-0.05, 0) is 44.0 Å². The van der Waals surface area contributed by atoms with Crippen LogP contribution < -0.4 is 4.74 Å². The predicted molar refractivity (Wildman–Crippen MR) is 95.0 cm³/mol. The van der Waals surface area contributed by atoms with Gasteiger partial charge in [0.05, 0.1) is 19.3 Å². The number of esters is 1. The van der Waals surface area contributed by atoms with Crippen LogP contribution in [0.2, 0.25) is 0 Å². The van der Waals surface area contributed by atoms with Gasteiger partial charge in [-0.25, -0.2) is 4.79 Å². The number of benzene rings is 1. The van der Waals surface area contributed by atoms with Gasteiger partial charge in [-0.15, -0.1) is 0 Å². The van der Waals surface area contributed by atoms with Gasteiger partial charge in [-0.3, -0.25) is 4.79 Å². The van der Waals surface area contributed by atoms with Gasteiger partial charge in [-0.2, -0.15) is 0 Å². The van der Waals surface area contributed by atoms with E-state index in [0.29, 0.717) is 35.7 Å². The number of nitrogens with zero attached hydrogens (tertiary/aromatic N) is 1. The number of rotatable bonds is 6. The molecule has 2 aromatic rings. The molecule has 0 radical (unpaired) electrons. The van der Waals surface area contributed by atoms with Gasteiger partial charge in [0.1, 0.15) is 11.4 Å². The van der Waals surface area contributed by atoms with Crippen LogP contribution in [0.5, 0.6) is 5.75 Å². The number of aromatic nitrogens is 1. The van der Waals surface area contributed by atoms with Crippen molar-refractivity contribution in [2.24, 2.45) is 0 Å². The average molecular weight is 344 g/mol. The van der Waals surface area contributed by atoms with Crippen molar-refractivity contribution in [2.75, 3.05) is 20.8 Å². The van der Waals surface area contributed by atoms with Crippen molar-refractivity contribution in [3.63, 3.8) is 0 Å². The van der Waals surface area contributed by atoms with Crippen LogP contribution in [0, 0.1) is 13.8 Å². The maximum atomic E-state index is 12.7. The Labute approximate surface area is 147 Å². The fourth-order valence-electron chi connectivity index (χ4n) is 2.77. The van der Waals surface area contributed by atoms with Gasteiger partial charge in [0, 0.05) is 19.3 Å². The number of carbonyl (C=O) groups excluding carboxylic acids is 2. The van der Waals surface area contributed by atoms with Crippen molar-refractivity contribution in [2.45, 2.75) is 27.3 Å². The normalized spacial score (nSPS) is 10.4. The number of methoxy groups -OCH3 is 1. The minimum atomic E-state index is -0.445. The molecule has 0 spiro atoms. The first-order chi connectivity index (χ1) is 11.9. The molecular formula is C19H24N2O4. The summed E-state index contributed by atoms with van der Waals surface area (Å²) in [4.78, 5) is 29.2. The molecule has 0 saturated carbocycles. The predicted octanol–water partition coefficient (Wildman–Crippen LogP) is 3.09. The van der Waals surface area contributed by atoms with Crippen molar-refractivity contribution in [3.05, 3.63) is 52.3 Å². The average Bonchev–Trinajstić information content (AvgIpc) is 2.90. The first kappa shape index (κ1) is 18.6. The molecular weight excluding hydrogens is 320 g/mol. The lowest BCUT2D eigenvalue weighted by Crippen LogP contribution is -2.27. The second kappa shape index (κ2) is 7.88. The molecule has 1 amide bonds. The van der Waals surface area contributed by atoms with E-state index in [2.05, 4.69) is 4.98 Å². The first-order valence-electron chi connectivity index (χ1n) is 8.13. The maximum Gasteiger partial charge on any atom is 0.339 e. The molecule has 6 nitrogen and oxygen atoms in total. The van der Waals surface area contributed by atoms with Crippen molar-refractivity contribution >= 4 is 11.9 Å². The van der Waals surface area contributed by atoms with Crippen LogP contribution in [-0.4, -0.2) is 42.5 Å². The van der Waals surface area contributed by atoms with Crippen LogP contribution in [0.25, 0.3) is 0 Å². The number of H-pyrrole nitrogens is 1. The smallest absolute Gasteiger partial charge is 0.339 e. The van der Waals surface area contributed by atoms with Crippen LogP contribution in [-0.2, 0) is 11.3 Å². The Kier molecular flexibility index (Phi) is 5.85. The minimum Gasteiger partial charge on any atom is -0.494 e. The molecule has 134 valence electrons. The van der Waals surface area contributed by atoms with E-state index in [4.69, 9.17) is 9.47 Å². The molecule has 0 atom stereocenters. The quantitative estimate of drug-likeness (QED) is 0.818. The number of nitrogens with one attached hydrogen (secondary N) is 1. The fraction of sp³-hybridized carbons (Fsp3) is 0.368. The van der Waals surface area contributed by atoms with E-state index in [9.17, 15) is 9.59 Å². The third-order valence-electron chi connectivity index (χ3n) is 4.04. The summed E-state index contributed by atoms with van der Waals surface area (Å²) < 4.78 is 10.2. The second-order valence-corrected chi connectivity index (χ2v) is 5.85. The van der Waals surface area contributed by atoms with E-state index in [1.54, 1.807) is 25.8 Å². The lowest BCUT2D eigenvalue weighted by molar-refractivity contribution is 0.0599. The summed E-state index contributed by atoms with van der Waals surface area (Å²) in [5.41, 5.74) is 3.05. The lowest BCUT2D eigenvalue weighted by Gasteiger charge is -2.17. The molecule has 1 heterocycles. The Morgan fingerprint density at radius 1 is 1.16 bits per heavy atom. The molecule has 0 bridgehead atoms. The minimum absolute atomic E-state index is 0.176. The van der Waals surface area contributed by atoms with Crippen molar-refractivity contribution in [3.8, 4) is 5.75 Å². The molecule has 0 saturated heterocycles. The lowest BCUT2D eigenvalue weighted by atomic mass is 10.1. The molecule has 1 aromatic heterocycles. The number of carbonyl (C=O) groups is 2. The van der Waals surface area contributed by atoms with Crippen molar-refractivity contribution in [1.29, 1.82) is 0 Å². The molecule has 1 aromatic carbocycles. The van der Waals surface area contributed by atoms with E-state index in [-0.39, 0.29) is 5.91 Å². The van der Waals surface area contributed by atoms with E-state index in [0.717, 1.165) is 11.3 Å². The van der Waals surface area contributed by atoms with Gasteiger partial charge < -0.3 is 19.4 Å². The number of amides is 1.